The third-order valence-corrected chi connectivity index (χ3v) is 4.67. The first kappa shape index (κ1) is 12.9. The highest BCUT2D eigenvalue weighted by Gasteiger charge is 2.33. The molecule has 6 heteroatoms. The molecule has 6 nitrogen and oxygen atoms in total. The Morgan fingerprint density at radius 3 is 2.74 bits per heavy atom. The standard InChI is InChI=1S/C17H17N5O/c23-17(20-12-5-11-7-19-22-16(11)18-8-12)13-6-14(9-1-2-9)21-15(13)10-3-4-10/h5-10,21H,1-4H2,(H,20,23)(H,18,19,22). The lowest BCUT2D eigenvalue weighted by Crippen LogP contribution is -2.13. The lowest BCUT2D eigenvalue weighted by Gasteiger charge is -2.05. The molecule has 23 heavy (non-hydrogen) atoms. The molecule has 116 valence electrons. The second-order valence-corrected chi connectivity index (χ2v) is 6.59. The summed E-state index contributed by atoms with van der Waals surface area (Å²) in [5.74, 6) is 1.09. The molecule has 5 rings (SSSR count). The minimum absolute atomic E-state index is 0.0558. The van der Waals surface area contributed by atoms with E-state index in [-0.39, 0.29) is 5.91 Å². The summed E-state index contributed by atoms with van der Waals surface area (Å²) >= 11 is 0. The van der Waals surface area contributed by atoms with Crippen LogP contribution in [0.1, 0.15) is 59.3 Å². The first-order valence-electron chi connectivity index (χ1n) is 8.11. The second-order valence-electron chi connectivity index (χ2n) is 6.59. The lowest BCUT2D eigenvalue weighted by molar-refractivity contribution is 0.102. The van der Waals surface area contributed by atoms with Gasteiger partial charge in [-0.25, -0.2) is 4.98 Å². The molecule has 2 aliphatic rings. The quantitative estimate of drug-likeness (QED) is 0.691. The topological polar surface area (TPSA) is 86.5 Å². The van der Waals surface area contributed by atoms with Crippen LogP contribution in [0.15, 0.2) is 24.5 Å². The van der Waals surface area contributed by atoms with Gasteiger partial charge in [0.2, 0.25) is 0 Å². The summed E-state index contributed by atoms with van der Waals surface area (Å²) < 4.78 is 0. The summed E-state index contributed by atoms with van der Waals surface area (Å²) in [5.41, 5.74) is 4.54. The van der Waals surface area contributed by atoms with E-state index in [4.69, 9.17) is 0 Å². The average molecular weight is 307 g/mol. The van der Waals surface area contributed by atoms with Crippen LogP contribution < -0.4 is 5.32 Å². The third kappa shape index (κ3) is 2.30. The Morgan fingerprint density at radius 2 is 1.96 bits per heavy atom. The zero-order chi connectivity index (χ0) is 15.4. The molecule has 2 aliphatic carbocycles. The minimum atomic E-state index is -0.0558. The van der Waals surface area contributed by atoms with Crippen LogP contribution in [0.25, 0.3) is 11.0 Å². The first-order chi connectivity index (χ1) is 11.3. The highest BCUT2D eigenvalue weighted by Crippen LogP contribution is 2.45. The SMILES string of the molecule is O=C(Nc1cnc2[nH]ncc2c1)c1cc(C2CC2)[nH]c1C1CC1. The molecule has 0 aromatic carbocycles. The van der Waals surface area contributed by atoms with Gasteiger partial charge in [0.15, 0.2) is 5.65 Å². The number of aromatic amines is 2. The van der Waals surface area contributed by atoms with Crippen molar-refractivity contribution in [1.82, 2.24) is 20.2 Å². The van der Waals surface area contributed by atoms with Gasteiger partial charge in [0.25, 0.3) is 5.91 Å². The van der Waals surface area contributed by atoms with E-state index in [2.05, 4.69) is 25.5 Å². The number of H-pyrrole nitrogens is 2. The number of anilines is 1. The number of fused-ring (bicyclic) bond motifs is 1. The normalized spacial score (nSPS) is 17.6. The lowest BCUT2D eigenvalue weighted by atomic mass is 10.1. The van der Waals surface area contributed by atoms with Gasteiger partial charge in [0.05, 0.1) is 23.6 Å². The number of carbonyl (C=O) groups is 1. The third-order valence-electron chi connectivity index (χ3n) is 4.67. The van der Waals surface area contributed by atoms with Gasteiger partial charge in [0, 0.05) is 16.8 Å². The van der Waals surface area contributed by atoms with Crippen molar-refractivity contribution < 1.29 is 4.79 Å². The molecule has 3 N–H and O–H groups in total. The van der Waals surface area contributed by atoms with Crippen molar-refractivity contribution in [2.24, 2.45) is 0 Å². The molecule has 3 aromatic heterocycles. The van der Waals surface area contributed by atoms with Gasteiger partial charge >= 0.3 is 0 Å². The van der Waals surface area contributed by atoms with Crippen molar-refractivity contribution in [3.63, 3.8) is 0 Å². The highest BCUT2D eigenvalue weighted by molar-refractivity contribution is 6.06. The molecule has 0 saturated heterocycles. The Labute approximate surface area is 132 Å². The first-order valence-corrected chi connectivity index (χ1v) is 8.11. The van der Waals surface area contributed by atoms with E-state index in [9.17, 15) is 4.79 Å². The summed E-state index contributed by atoms with van der Waals surface area (Å²) in [6, 6.07) is 3.93. The van der Waals surface area contributed by atoms with E-state index in [1.165, 1.54) is 31.4 Å². The number of pyridine rings is 1. The molecular formula is C17H17N5O. The number of hydrogen-bond donors (Lipinski definition) is 3. The van der Waals surface area contributed by atoms with Crippen molar-refractivity contribution in [2.75, 3.05) is 5.32 Å². The number of nitrogens with zero attached hydrogens (tertiary/aromatic N) is 2. The van der Waals surface area contributed by atoms with Crippen LogP contribution in [0.3, 0.4) is 0 Å². The van der Waals surface area contributed by atoms with Crippen LogP contribution in [0.5, 0.6) is 0 Å². The van der Waals surface area contributed by atoms with Gasteiger partial charge in [-0.2, -0.15) is 5.10 Å². The van der Waals surface area contributed by atoms with Gasteiger partial charge < -0.3 is 10.3 Å². The summed E-state index contributed by atoms with van der Waals surface area (Å²) in [5, 5.41) is 10.6. The minimum Gasteiger partial charge on any atom is -0.361 e. The van der Waals surface area contributed by atoms with Crippen molar-refractivity contribution in [1.29, 1.82) is 0 Å². The molecule has 2 saturated carbocycles. The van der Waals surface area contributed by atoms with Crippen molar-refractivity contribution >= 4 is 22.6 Å². The predicted octanol–water partition coefficient (Wildman–Crippen LogP) is 3.29. The zero-order valence-corrected chi connectivity index (χ0v) is 12.6. The van der Waals surface area contributed by atoms with Crippen molar-refractivity contribution in [2.45, 2.75) is 37.5 Å². The predicted molar refractivity (Wildman–Crippen MR) is 86.6 cm³/mol. The monoisotopic (exact) mass is 307 g/mol. The van der Waals surface area contributed by atoms with Crippen LogP contribution in [0.4, 0.5) is 5.69 Å². The van der Waals surface area contributed by atoms with Gasteiger partial charge in [-0.15, -0.1) is 0 Å². The summed E-state index contributed by atoms with van der Waals surface area (Å²) in [6.45, 7) is 0. The van der Waals surface area contributed by atoms with Gasteiger partial charge in [-0.3, -0.25) is 9.89 Å². The largest absolute Gasteiger partial charge is 0.361 e. The van der Waals surface area contributed by atoms with E-state index in [0.717, 1.165) is 22.3 Å². The Kier molecular flexibility index (Phi) is 2.62. The molecule has 0 radical (unpaired) electrons. The van der Waals surface area contributed by atoms with Gasteiger partial charge in [0.1, 0.15) is 0 Å². The summed E-state index contributed by atoms with van der Waals surface area (Å²) in [4.78, 5) is 20.5. The van der Waals surface area contributed by atoms with E-state index in [0.29, 0.717) is 17.5 Å². The number of hydrogen-bond acceptors (Lipinski definition) is 3. The van der Waals surface area contributed by atoms with Crippen LogP contribution in [0, 0.1) is 0 Å². The smallest absolute Gasteiger partial charge is 0.257 e. The molecule has 2 fully saturated rings. The second kappa shape index (κ2) is 4.68. The number of aromatic nitrogens is 4. The summed E-state index contributed by atoms with van der Waals surface area (Å²) in [6.07, 6.45) is 8.17. The van der Waals surface area contributed by atoms with Crippen LogP contribution in [0.2, 0.25) is 0 Å². The number of rotatable bonds is 4. The van der Waals surface area contributed by atoms with Crippen LogP contribution in [-0.2, 0) is 0 Å². The van der Waals surface area contributed by atoms with E-state index in [1.54, 1.807) is 12.4 Å². The number of carbonyl (C=O) groups excluding carboxylic acids is 1. The fourth-order valence-corrected chi connectivity index (χ4v) is 3.09. The molecule has 0 bridgehead atoms. The number of nitrogens with one attached hydrogen (secondary N) is 3. The van der Waals surface area contributed by atoms with Gasteiger partial charge in [-0.1, -0.05) is 0 Å². The Balaban J connectivity index is 1.45. The maximum Gasteiger partial charge on any atom is 0.257 e. The molecular weight excluding hydrogens is 290 g/mol. The fourth-order valence-electron chi connectivity index (χ4n) is 3.09. The zero-order valence-electron chi connectivity index (χ0n) is 12.6. The molecule has 3 aromatic rings. The van der Waals surface area contributed by atoms with Crippen molar-refractivity contribution in [3.8, 4) is 0 Å². The Hall–Kier alpha value is -2.63. The maximum atomic E-state index is 12.7. The van der Waals surface area contributed by atoms with Crippen LogP contribution in [-0.4, -0.2) is 26.1 Å². The average Bonchev–Trinajstić information content (AvgIpc) is 3.48. The van der Waals surface area contributed by atoms with Crippen LogP contribution >= 0.6 is 0 Å². The van der Waals surface area contributed by atoms with E-state index < -0.39 is 0 Å². The van der Waals surface area contributed by atoms with Gasteiger partial charge in [-0.05, 0) is 49.7 Å². The molecule has 0 aliphatic heterocycles. The summed E-state index contributed by atoms with van der Waals surface area (Å²) in [7, 11) is 0. The van der Waals surface area contributed by atoms with Crippen molar-refractivity contribution in [3.05, 3.63) is 41.5 Å². The highest BCUT2D eigenvalue weighted by atomic mass is 16.1. The van der Waals surface area contributed by atoms with E-state index in [1.807, 2.05) is 12.1 Å². The molecule has 3 heterocycles. The maximum absolute atomic E-state index is 12.7. The van der Waals surface area contributed by atoms with E-state index >= 15 is 0 Å². The Bertz CT molecular complexity index is 901. The molecule has 0 unspecified atom stereocenters. The molecule has 0 atom stereocenters. The molecule has 1 amide bonds. The fraction of sp³-hybridized carbons (Fsp3) is 0.353. The Morgan fingerprint density at radius 1 is 1.13 bits per heavy atom. The molecule has 0 spiro atoms. The number of amides is 1.